The molecule has 0 atom stereocenters. The lowest BCUT2D eigenvalue weighted by molar-refractivity contribution is -0.895. The van der Waals surface area contributed by atoms with Gasteiger partial charge in [-0.1, -0.05) is 0 Å². The van der Waals surface area contributed by atoms with Crippen molar-refractivity contribution in [1.29, 1.82) is 0 Å². The van der Waals surface area contributed by atoms with Gasteiger partial charge in [0.15, 0.2) is 5.75 Å². The van der Waals surface area contributed by atoms with Crippen molar-refractivity contribution in [1.82, 2.24) is 5.32 Å². The number of nitrogens with one attached hydrogen (secondary N) is 2. The average Bonchev–Trinajstić information content (AvgIpc) is 2.50. The molecular weight excluding hydrogens is 274 g/mol. The maximum absolute atomic E-state index is 12.0. The molecule has 0 aliphatic carbocycles. The van der Waals surface area contributed by atoms with Crippen molar-refractivity contribution in [3.63, 3.8) is 0 Å². The molecule has 0 aliphatic heterocycles. The summed E-state index contributed by atoms with van der Waals surface area (Å²) in [7, 11) is 1.36. The summed E-state index contributed by atoms with van der Waals surface area (Å²) in [6.45, 7) is 7.55. The molecule has 0 aliphatic rings. The van der Waals surface area contributed by atoms with E-state index in [0.29, 0.717) is 6.54 Å². The Morgan fingerprint density at radius 3 is 2.57 bits per heavy atom. The third-order valence-corrected chi connectivity index (χ3v) is 3.40. The second kappa shape index (κ2) is 8.21. The fraction of sp³-hybridized carbons (Fsp3) is 0.500. The predicted octanol–water partition coefficient (Wildman–Crippen LogP) is 0.258. The number of carbonyl (C=O) groups is 1. The quantitative estimate of drug-likeness (QED) is 0.532. The Kier molecular flexibility index (Phi) is 6.61. The monoisotopic (exact) mass is 296 g/mol. The third-order valence-electron chi connectivity index (χ3n) is 3.40. The highest BCUT2D eigenvalue weighted by molar-refractivity contribution is 5.95. The van der Waals surface area contributed by atoms with E-state index in [0.717, 1.165) is 19.6 Å². The van der Waals surface area contributed by atoms with Gasteiger partial charge in [0, 0.05) is 11.6 Å². The standard InChI is InChI=1S/C14H21N3O4/c1-4-16(5-2)9-8-15-14(18)11-6-7-13(21-3)12(10-11)17(19)20/h6-7,10H,4-5,8-9H2,1-3H3,(H,15,18)/p+1. The summed E-state index contributed by atoms with van der Waals surface area (Å²) >= 11 is 0. The molecule has 0 bridgehead atoms. The number of amides is 1. The molecule has 116 valence electrons. The molecule has 0 saturated heterocycles. The number of rotatable bonds is 8. The van der Waals surface area contributed by atoms with E-state index in [1.54, 1.807) is 0 Å². The molecule has 21 heavy (non-hydrogen) atoms. The molecule has 0 fully saturated rings. The van der Waals surface area contributed by atoms with Crippen LogP contribution in [0.4, 0.5) is 5.69 Å². The molecule has 1 amide bonds. The van der Waals surface area contributed by atoms with Crippen LogP contribution in [-0.4, -0.2) is 44.1 Å². The molecule has 2 N–H and O–H groups in total. The first kappa shape index (κ1) is 16.9. The normalized spacial score (nSPS) is 10.5. The van der Waals surface area contributed by atoms with Gasteiger partial charge in [-0.25, -0.2) is 0 Å². The van der Waals surface area contributed by atoms with Gasteiger partial charge in [0.2, 0.25) is 0 Å². The van der Waals surface area contributed by atoms with Gasteiger partial charge in [0.25, 0.3) is 5.91 Å². The molecule has 0 radical (unpaired) electrons. The van der Waals surface area contributed by atoms with Gasteiger partial charge in [0.05, 0.1) is 38.2 Å². The van der Waals surface area contributed by atoms with Crippen molar-refractivity contribution < 1.29 is 19.4 Å². The molecule has 0 saturated carbocycles. The van der Waals surface area contributed by atoms with Crippen molar-refractivity contribution in [3.8, 4) is 5.75 Å². The van der Waals surface area contributed by atoms with E-state index in [-0.39, 0.29) is 22.9 Å². The molecule has 7 heteroatoms. The molecule has 1 rings (SSSR count). The first-order valence-electron chi connectivity index (χ1n) is 6.97. The first-order chi connectivity index (χ1) is 10.0. The first-order valence-corrected chi connectivity index (χ1v) is 6.97. The number of nitrogens with zero attached hydrogens (tertiary/aromatic N) is 1. The van der Waals surface area contributed by atoms with E-state index in [9.17, 15) is 14.9 Å². The predicted molar refractivity (Wildman–Crippen MR) is 78.9 cm³/mol. The van der Waals surface area contributed by atoms with E-state index in [4.69, 9.17) is 4.74 Å². The number of methoxy groups -OCH3 is 1. The number of hydrogen-bond donors (Lipinski definition) is 2. The topological polar surface area (TPSA) is 85.9 Å². The lowest BCUT2D eigenvalue weighted by Crippen LogP contribution is -3.12. The number of benzene rings is 1. The summed E-state index contributed by atoms with van der Waals surface area (Å²) < 4.78 is 4.91. The zero-order chi connectivity index (χ0) is 15.8. The van der Waals surface area contributed by atoms with Crippen molar-refractivity contribution in [3.05, 3.63) is 33.9 Å². The highest BCUT2D eigenvalue weighted by atomic mass is 16.6. The zero-order valence-electron chi connectivity index (χ0n) is 12.6. The molecule has 1 aromatic carbocycles. The highest BCUT2D eigenvalue weighted by Crippen LogP contribution is 2.27. The van der Waals surface area contributed by atoms with E-state index >= 15 is 0 Å². The van der Waals surface area contributed by atoms with Crippen LogP contribution in [-0.2, 0) is 0 Å². The molecule has 0 spiro atoms. The lowest BCUT2D eigenvalue weighted by Gasteiger charge is -2.15. The minimum atomic E-state index is -0.560. The van der Waals surface area contributed by atoms with Crippen molar-refractivity contribution >= 4 is 11.6 Å². The van der Waals surface area contributed by atoms with E-state index < -0.39 is 4.92 Å². The number of likely N-dealkylation sites (N-methyl/N-ethyl adjacent to an activating group) is 1. The SMILES string of the molecule is CC[NH+](CC)CCNC(=O)c1ccc(OC)c([N+](=O)[O-])c1. The highest BCUT2D eigenvalue weighted by Gasteiger charge is 2.18. The fourth-order valence-corrected chi connectivity index (χ4v) is 2.03. The van der Waals surface area contributed by atoms with Crippen LogP contribution < -0.4 is 15.0 Å². The molecule has 7 nitrogen and oxygen atoms in total. The Balaban J connectivity index is 2.70. The minimum Gasteiger partial charge on any atom is -0.490 e. The van der Waals surface area contributed by atoms with E-state index in [2.05, 4.69) is 19.2 Å². The summed E-state index contributed by atoms with van der Waals surface area (Å²) in [4.78, 5) is 23.7. The fourth-order valence-electron chi connectivity index (χ4n) is 2.03. The minimum absolute atomic E-state index is 0.143. The number of carbonyl (C=O) groups excluding carboxylic acids is 1. The second-order valence-corrected chi connectivity index (χ2v) is 4.61. The van der Waals surface area contributed by atoms with Gasteiger partial charge in [-0.15, -0.1) is 0 Å². The van der Waals surface area contributed by atoms with Crippen molar-refractivity contribution in [2.75, 3.05) is 33.3 Å². The van der Waals surface area contributed by atoms with Crippen LogP contribution in [0.5, 0.6) is 5.75 Å². The average molecular weight is 296 g/mol. The maximum Gasteiger partial charge on any atom is 0.311 e. The molecule has 0 heterocycles. The smallest absolute Gasteiger partial charge is 0.311 e. The third kappa shape index (κ3) is 4.71. The van der Waals surface area contributed by atoms with Gasteiger partial charge in [-0.2, -0.15) is 0 Å². The Bertz CT molecular complexity index is 501. The van der Waals surface area contributed by atoms with Crippen LogP contribution >= 0.6 is 0 Å². The summed E-state index contributed by atoms with van der Waals surface area (Å²) in [6, 6.07) is 4.19. The summed E-state index contributed by atoms with van der Waals surface area (Å²) in [5.74, 6) is -0.170. The van der Waals surface area contributed by atoms with Gasteiger partial charge < -0.3 is 15.0 Å². The van der Waals surface area contributed by atoms with Gasteiger partial charge in [-0.05, 0) is 26.0 Å². The Labute approximate surface area is 124 Å². The molecule has 1 aromatic rings. The van der Waals surface area contributed by atoms with E-state index in [1.807, 2.05) is 0 Å². The van der Waals surface area contributed by atoms with Crippen molar-refractivity contribution in [2.24, 2.45) is 0 Å². The Morgan fingerprint density at radius 2 is 2.05 bits per heavy atom. The van der Waals surface area contributed by atoms with Crippen LogP contribution in [0.15, 0.2) is 18.2 Å². The lowest BCUT2D eigenvalue weighted by atomic mass is 10.1. The maximum atomic E-state index is 12.0. The number of nitro benzene ring substituents is 1. The number of nitro groups is 1. The number of quaternary nitrogens is 1. The summed E-state index contributed by atoms with van der Waals surface area (Å²) in [6.07, 6.45) is 0. The van der Waals surface area contributed by atoms with Gasteiger partial charge in [0.1, 0.15) is 0 Å². The molecular formula is C14H22N3O4+. The van der Waals surface area contributed by atoms with Crippen LogP contribution in [0.3, 0.4) is 0 Å². The molecule has 0 unspecified atom stereocenters. The number of ether oxygens (including phenoxy) is 1. The van der Waals surface area contributed by atoms with Crippen molar-refractivity contribution in [2.45, 2.75) is 13.8 Å². The summed E-state index contributed by atoms with van der Waals surface area (Å²) in [5.41, 5.74) is 0.0524. The van der Waals surface area contributed by atoms with Crippen LogP contribution in [0.25, 0.3) is 0 Å². The van der Waals surface area contributed by atoms with Crippen LogP contribution in [0.2, 0.25) is 0 Å². The zero-order valence-corrected chi connectivity index (χ0v) is 12.6. The Hall–Kier alpha value is -2.15. The summed E-state index contributed by atoms with van der Waals surface area (Å²) in [5, 5.41) is 13.7. The van der Waals surface area contributed by atoms with Gasteiger partial charge in [-0.3, -0.25) is 14.9 Å². The van der Waals surface area contributed by atoms with Crippen LogP contribution in [0, 0.1) is 10.1 Å². The molecule has 0 aromatic heterocycles. The van der Waals surface area contributed by atoms with Gasteiger partial charge >= 0.3 is 5.69 Å². The second-order valence-electron chi connectivity index (χ2n) is 4.61. The Morgan fingerprint density at radius 1 is 1.38 bits per heavy atom. The number of hydrogen-bond acceptors (Lipinski definition) is 4. The largest absolute Gasteiger partial charge is 0.490 e. The van der Waals surface area contributed by atoms with Crippen LogP contribution in [0.1, 0.15) is 24.2 Å². The van der Waals surface area contributed by atoms with E-state index in [1.165, 1.54) is 30.2 Å².